The molecular weight excluding hydrogens is 262 g/mol. The van der Waals surface area contributed by atoms with E-state index in [1.54, 1.807) is 12.1 Å². The van der Waals surface area contributed by atoms with E-state index in [-0.39, 0.29) is 11.9 Å². The topological polar surface area (TPSA) is 78.9 Å². The van der Waals surface area contributed by atoms with Crippen LogP contribution in [0.25, 0.3) is 0 Å². The molecule has 1 aromatic carbocycles. The number of amides is 1. The van der Waals surface area contributed by atoms with Crippen molar-refractivity contribution in [3.8, 4) is 6.07 Å². The van der Waals surface area contributed by atoms with Crippen LogP contribution in [0.5, 0.6) is 0 Å². The third-order valence-corrected chi connectivity index (χ3v) is 2.43. The first-order chi connectivity index (χ1) is 10.2. The number of nitrogens with one attached hydrogen (secondary N) is 1. The van der Waals surface area contributed by atoms with Crippen LogP contribution in [0, 0.1) is 11.3 Å². The second-order valence-electron chi connectivity index (χ2n) is 3.85. The second-order valence-corrected chi connectivity index (χ2v) is 3.85. The summed E-state index contributed by atoms with van der Waals surface area (Å²) in [6, 6.07) is 10.7. The summed E-state index contributed by atoms with van der Waals surface area (Å²) in [5, 5.41) is 11.3. The lowest BCUT2D eigenvalue weighted by molar-refractivity contribution is 0.0953. The molecule has 4 heteroatoms. The Balaban J connectivity index is 0. The first-order valence-corrected chi connectivity index (χ1v) is 7.72. The van der Waals surface area contributed by atoms with E-state index in [0.29, 0.717) is 18.5 Å². The van der Waals surface area contributed by atoms with Crippen molar-refractivity contribution in [1.29, 1.82) is 5.26 Å². The summed E-state index contributed by atoms with van der Waals surface area (Å²) >= 11 is 0. The number of unbranched alkanes of at least 4 members (excludes halogenated alkanes) is 1. The Morgan fingerprint density at radius 3 is 2.29 bits per heavy atom. The van der Waals surface area contributed by atoms with Crippen molar-refractivity contribution < 1.29 is 4.79 Å². The highest BCUT2D eigenvalue weighted by molar-refractivity contribution is 5.94. The molecule has 21 heavy (non-hydrogen) atoms. The van der Waals surface area contributed by atoms with Gasteiger partial charge in [0, 0.05) is 12.1 Å². The van der Waals surface area contributed by atoms with Gasteiger partial charge in [-0.2, -0.15) is 5.26 Å². The molecule has 0 radical (unpaired) electrons. The number of carbonyl (C=O) groups excluding carboxylic acids is 1. The minimum atomic E-state index is -0.389. The molecule has 1 aromatic rings. The van der Waals surface area contributed by atoms with E-state index in [2.05, 4.69) is 5.32 Å². The van der Waals surface area contributed by atoms with Gasteiger partial charge >= 0.3 is 0 Å². The molecular formula is C17H29N3O. The Kier molecular flexibility index (Phi) is 16.5. The van der Waals surface area contributed by atoms with Crippen LogP contribution >= 0.6 is 0 Å². The molecule has 0 heterocycles. The van der Waals surface area contributed by atoms with Gasteiger partial charge in [0.1, 0.15) is 0 Å². The Morgan fingerprint density at radius 1 is 1.19 bits per heavy atom. The minimum absolute atomic E-state index is 0.0600. The number of nitrogens with two attached hydrogens (primary N) is 1. The van der Waals surface area contributed by atoms with Crippen LogP contribution in [0.15, 0.2) is 30.3 Å². The van der Waals surface area contributed by atoms with Crippen molar-refractivity contribution in [2.24, 2.45) is 5.73 Å². The van der Waals surface area contributed by atoms with Gasteiger partial charge in [-0.05, 0) is 31.4 Å². The molecule has 0 spiro atoms. The van der Waals surface area contributed by atoms with Gasteiger partial charge in [0.25, 0.3) is 5.91 Å². The average Bonchev–Trinajstić information content (AvgIpc) is 2.58. The Bertz CT molecular complexity index is 385. The molecule has 0 saturated carbocycles. The van der Waals surface area contributed by atoms with Gasteiger partial charge in [0.15, 0.2) is 0 Å². The molecule has 1 amide bonds. The van der Waals surface area contributed by atoms with Crippen molar-refractivity contribution in [1.82, 2.24) is 5.32 Å². The predicted molar refractivity (Wildman–Crippen MR) is 88.9 cm³/mol. The van der Waals surface area contributed by atoms with Crippen LogP contribution in [0.4, 0.5) is 0 Å². The van der Waals surface area contributed by atoms with Crippen LogP contribution in [-0.2, 0) is 0 Å². The molecule has 0 aliphatic heterocycles. The normalized spacial score (nSPS) is 9.90. The van der Waals surface area contributed by atoms with E-state index in [1.807, 2.05) is 52.0 Å². The van der Waals surface area contributed by atoms with Gasteiger partial charge in [0.05, 0.1) is 12.1 Å². The molecule has 0 aliphatic carbocycles. The highest BCUT2D eigenvalue weighted by Crippen LogP contribution is 2.00. The van der Waals surface area contributed by atoms with Crippen molar-refractivity contribution in [3.63, 3.8) is 0 Å². The molecule has 3 N–H and O–H groups in total. The Hall–Kier alpha value is -1.86. The van der Waals surface area contributed by atoms with E-state index in [9.17, 15) is 4.79 Å². The molecule has 0 aromatic heterocycles. The lowest BCUT2D eigenvalue weighted by Crippen LogP contribution is -2.25. The predicted octanol–water partition coefficient (Wildman–Crippen LogP) is 3.49. The molecule has 1 rings (SSSR count). The standard InChI is InChI=1S/C13H17N3O.2C2H6/c14-10-12(15)8-4-5-9-16-13(17)11-6-2-1-3-7-11;2*1-2/h1-3,6-7,12H,4-5,8-9,15H2,(H,16,17);2*1-2H3. The van der Waals surface area contributed by atoms with Gasteiger partial charge in [-0.1, -0.05) is 45.9 Å². The number of nitrogens with zero attached hydrogens (tertiary/aromatic N) is 1. The van der Waals surface area contributed by atoms with Crippen LogP contribution in [0.2, 0.25) is 0 Å². The first kappa shape index (κ1) is 21.4. The second kappa shape index (κ2) is 16.2. The van der Waals surface area contributed by atoms with Crippen LogP contribution in [0.1, 0.15) is 57.3 Å². The van der Waals surface area contributed by atoms with Crippen molar-refractivity contribution in [2.45, 2.75) is 53.0 Å². The zero-order valence-corrected chi connectivity index (χ0v) is 13.7. The van der Waals surface area contributed by atoms with E-state index in [0.717, 1.165) is 12.8 Å². The zero-order valence-electron chi connectivity index (χ0n) is 13.7. The number of benzene rings is 1. The summed E-state index contributed by atoms with van der Waals surface area (Å²) in [7, 11) is 0. The van der Waals surface area contributed by atoms with E-state index in [1.165, 1.54) is 0 Å². The highest BCUT2D eigenvalue weighted by Gasteiger charge is 2.03. The molecule has 0 saturated heterocycles. The summed E-state index contributed by atoms with van der Waals surface area (Å²) in [6.45, 7) is 8.62. The number of nitriles is 1. The smallest absolute Gasteiger partial charge is 0.251 e. The fourth-order valence-corrected chi connectivity index (χ4v) is 1.45. The SMILES string of the molecule is CC.CC.N#CC(N)CCCCNC(=O)c1ccccc1. The fraction of sp³-hybridized carbons (Fsp3) is 0.529. The maximum Gasteiger partial charge on any atom is 0.251 e. The molecule has 118 valence electrons. The molecule has 1 unspecified atom stereocenters. The average molecular weight is 291 g/mol. The molecule has 0 fully saturated rings. The maximum atomic E-state index is 11.6. The lowest BCUT2D eigenvalue weighted by atomic mass is 10.1. The monoisotopic (exact) mass is 291 g/mol. The van der Waals surface area contributed by atoms with E-state index < -0.39 is 0 Å². The van der Waals surface area contributed by atoms with Gasteiger partial charge in [-0.25, -0.2) is 0 Å². The van der Waals surface area contributed by atoms with Gasteiger partial charge in [0.2, 0.25) is 0 Å². The lowest BCUT2D eigenvalue weighted by Gasteiger charge is -2.05. The summed E-state index contributed by atoms with van der Waals surface area (Å²) in [5.41, 5.74) is 6.13. The summed E-state index contributed by atoms with van der Waals surface area (Å²) in [6.07, 6.45) is 2.37. The molecule has 4 nitrogen and oxygen atoms in total. The minimum Gasteiger partial charge on any atom is -0.352 e. The van der Waals surface area contributed by atoms with Crippen molar-refractivity contribution in [2.75, 3.05) is 6.54 Å². The van der Waals surface area contributed by atoms with Crippen LogP contribution in [-0.4, -0.2) is 18.5 Å². The molecule has 0 bridgehead atoms. The van der Waals surface area contributed by atoms with Crippen LogP contribution in [0.3, 0.4) is 0 Å². The van der Waals surface area contributed by atoms with E-state index in [4.69, 9.17) is 11.0 Å². The third kappa shape index (κ3) is 11.6. The van der Waals surface area contributed by atoms with Crippen molar-refractivity contribution >= 4 is 5.91 Å². The first-order valence-electron chi connectivity index (χ1n) is 7.72. The van der Waals surface area contributed by atoms with Gasteiger partial charge in [-0.3, -0.25) is 4.79 Å². The third-order valence-electron chi connectivity index (χ3n) is 2.43. The number of carbonyl (C=O) groups is 1. The van der Waals surface area contributed by atoms with Gasteiger partial charge < -0.3 is 11.1 Å². The van der Waals surface area contributed by atoms with Gasteiger partial charge in [-0.15, -0.1) is 0 Å². The highest BCUT2D eigenvalue weighted by atomic mass is 16.1. The summed E-state index contributed by atoms with van der Waals surface area (Å²) in [5.74, 6) is -0.0600. The largest absolute Gasteiger partial charge is 0.352 e. The van der Waals surface area contributed by atoms with E-state index >= 15 is 0 Å². The number of rotatable bonds is 6. The summed E-state index contributed by atoms with van der Waals surface area (Å²) in [4.78, 5) is 11.6. The molecule has 1 atom stereocenters. The fourth-order valence-electron chi connectivity index (χ4n) is 1.45. The van der Waals surface area contributed by atoms with Crippen LogP contribution < -0.4 is 11.1 Å². The van der Waals surface area contributed by atoms with Crippen molar-refractivity contribution in [3.05, 3.63) is 35.9 Å². The molecule has 0 aliphatic rings. The maximum absolute atomic E-state index is 11.6. The quantitative estimate of drug-likeness (QED) is 0.787. The zero-order chi connectivity index (χ0) is 16.5. The Labute approximate surface area is 129 Å². The number of hydrogen-bond donors (Lipinski definition) is 2. The number of hydrogen-bond acceptors (Lipinski definition) is 3. The Morgan fingerprint density at radius 2 is 1.76 bits per heavy atom. The summed E-state index contributed by atoms with van der Waals surface area (Å²) < 4.78 is 0.